The maximum Gasteiger partial charge on any atom is 0.239 e. The smallest absolute Gasteiger partial charge is 0.239 e. The lowest BCUT2D eigenvalue weighted by Crippen LogP contribution is -2.42. The fourth-order valence-electron chi connectivity index (χ4n) is 0.762. The van der Waals surface area contributed by atoms with Crippen LogP contribution in [0.5, 0.6) is 0 Å². The summed E-state index contributed by atoms with van der Waals surface area (Å²) in [6.07, 6.45) is 0. The van der Waals surface area contributed by atoms with Crippen molar-refractivity contribution in [3.05, 3.63) is 0 Å². The van der Waals surface area contributed by atoms with E-state index < -0.39 is 11.8 Å². The Morgan fingerprint density at radius 2 is 1.24 bits per heavy atom. The Kier molecular flexibility index (Phi) is 7.78. The Hall–Kier alpha value is -1.57. The van der Waals surface area contributed by atoms with Crippen molar-refractivity contribution < 1.29 is 19.2 Å². The van der Waals surface area contributed by atoms with Crippen molar-refractivity contribution in [3.63, 3.8) is 0 Å². The minimum absolute atomic E-state index is 0.00756. The third kappa shape index (κ3) is 9.36. The molecule has 0 aliphatic carbocycles. The topological polar surface area (TPSA) is 104 Å². The first-order valence-electron chi connectivity index (χ1n) is 4.86. The first-order chi connectivity index (χ1) is 7.95. The molecule has 0 spiro atoms. The Morgan fingerprint density at radius 3 is 1.65 bits per heavy atom. The highest BCUT2D eigenvalue weighted by atomic mass is 32.1. The van der Waals surface area contributed by atoms with Gasteiger partial charge in [-0.2, -0.15) is 12.6 Å². The summed E-state index contributed by atoms with van der Waals surface area (Å²) in [5.74, 6) is -1.51. The van der Waals surface area contributed by atoms with Gasteiger partial charge in [0.1, 0.15) is 5.78 Å². The van der Waals surface area contributed by atoms with Gasteiger partial charge in [0.2, 0.25) is 17.7 Å². The van der Waals surface area contributed by atoms with Crippen LogP contribution in [0.25, 0.3) is 0 Å². The molecule has 0 rings (SSSR count). The van der Waals surface area contributed by atoms with Gasteiger partial charge in [0.25, 0.3) is 0 Å². The number of Topliss-reactive ketones (excluding diaryl/α,β-unsaturated/α-hetero) is 1. The SMILES string of the molecule is CC(=O)CNC(=O)CNC(=O)CNC(=O)CS. The first kappa shape index (κ1) is 15.4. The molecular weight excluding hydrogens is 246 g/mol. The molecule has 8 heteroatoms. The first-order valence-corrected chi connectivity index (χ1v) is 5.49. The zero-order chi connectivity index (χ0) is 13.3. The van der Waals surface area contributed by atoms with E-state index in [1.165, 1.54) is 6.92 Å². The van der Waals surface area contributed by atoms with Gasteiger partial charge in [-0.1, -0.05) is 0 Å². The predicted octanol–water partition coefficient (Wildman–Crippen LogP) is -2.15. The highest BCUT2D eigenvalue weighted by Crippen LogP contribution is 1.73. The molecule has 0 aromatic heterocycles. The summed E-state index contributed by atoms with van der Waals surface area (Å²) in [6.45, 7) is 0.833. The summed E-state index contributed by atoms with van der Waals surface area (Å²) in [5, 5.41) is 6.89. The normalized spacial score (nSPS) is 9.29. The lowest BCUT2D eigenvalue weighted by atomic mass is 10.4. The molecule has 3 amide bonds. The van der Waals surface area contributed by atoms with Crippen LogP contribution >= 0.6 is 12.6 Å². The van der Waals surface area contributed by atoms with Gasteiger partial charge in [0.15, 0.2) is 0 Å². The number of hydrogen-bond acceptors (Lipinski definition) is 5. The van der Waals surface area contributed by atoms with Crippen molar-refractivity contribution >= 4 is 36.1 Å². The number of amides is 3. The molecule has 0 saturated carbocycles. The fraction of sp³-hybridized carbons (Fsp3) is 0.556. The summed E-state index contributed by atoms with van der Waals surface area (Å²) in [6, 6.07) is 0. The zero-order valence-corrected chi connectivity index (χ0v) is 10.3. The van der Waals surface area contributed by atoms with Gasteiger partial charge >= 0.3 is 0 Å². The number of hydrogen-bond donors (Lipinski definition) is 4. The quantitative estimate of drug-likeness (QED) is 0.392. The fourth-order valence-corrected chi connectivity index (χ4v) is 0.873. The van der Waals surface area contributed by atoms with E-state index in [0.29, 0.717) is 0 Å². The second kappa shape index (κ2) is 8.57. The van der Waals surface area contributed by atoms with E-state index in [2.05, 4.69) is 28.6 Å². The van der Waals surface area contributed by atoms with E-state index in [9.17, 15) is 19.2 Å². The molecule has 17 heavy (non-hydrogen) atoms. The van der Waals surface area contributed by atoms with Crippen molar-refractivity contribution in [2.75, 3.05) is 25.4 Å². The Bertz CT molecular complexity index is 319. The monoisotopic (exact) mass is 261 g/mol. The van der Waals surface area contributed by atoms with Gasteiger partial charge in [0, 0.05) is 0 Å². The molecule has 0 aliphatic heterocycles. The van der Waals surface area contributed by atoms with Crippen LogP contribution in [-0.2, 0) is 19.2 Å². The van der Waals surface area contributed by atoms with Gasteiger partial charge in [-0.3, -0.25) is 19.2 Å². The van der Waals surface area contributed by atoms with Gasteiger partial charge in [-0.05, 0) is 6.92 Å². The minimum atomic E-state index is -0.488. The summed E-state index contributed by atoms with van der Waals surface area (Å²) in [7, 11) is 0. The van der Waals surface area contributed by atoms with Crippen LogP contribution in [0, 0.1) is 0 Å². The Labute approximate surface area is 104 Å². The Morgan fingerprint density at radius 1 is 0.824 bits per heavy atom. The molecule has 0 atom stereocenters. The zero-order valence-electron chi connectivity index (χ0n) is 9.41. The average molecular weight is 261 g/mol. The largest absolute Gasteiger partial charge is 0.348 e. The molecule has 0 saturated heterocycles. The summed E-state index contributed by atoms with van der Waals surface area (Å²) >= 11 is 3.71. The molecule has 0 aromatic carbocycles. The second-order valence-electron chi connectivity index (χ2n) is 3.19. The highest BCUT2D eigenvalue weighted by molar-refractivity contribution is 7.81. The molecule has 96 valence electrons. The molecule has 0 aromatic rings. The molecule has 0 radical (unpaired) electrons. The van der Waals surface area contributed by atoms with Crippen LogP contribution < -0.4 is 16.0 Å². The van der Waals surface area contributed by atoms with Crippen LogP contribution in [0.1, 0.15) is 6.92 Å². The van der Waals surface area contributed by atoms with E-state index in [-0.39, 0.29) is 37.1 Å². The van der Waals surface area contributed by atoms with Crippen molar-refractivity contribution in [1.82, 2.24) is 16.0 Å². The number of nitrogens with one attached hydrogen (secondary N) is 3. The minimum Gasteiger partial charge on any atom is -0.348 e. The molecule has 0 fully saturated rings. The predicted molar refractivity (Wildman–Crippen MR) is 63.6 cm³/mol. The molecular formula is C9H15N3O4S. The van der Waals surface area contributed by atoms with Crippen LogP contribution in [0.2, 0.25) is 0 Å². The van der Waals surface area contributed by atoms with Crippen LogP contribution in [0.3, 0.4) is 0 Å². The maximum absolute atomic E-state index is 11.1. The van der Waals surface area contributed by atoms with Gasteiger partial charge in [-0.25, -0.2) is 0 Å². The van der Waals surface area contributed by atoms with Crippen LogP contribution in [0.15, 0.2) is 0 Å². The number of carbonyl (C=O) groups is 4. The number of rotatable bonds is 7. The average Bonchev–Trinajstić information content (AvgIpc) is 2.30. The molecule has 0 aliphatic rings. The van der Waals surface area contributed by atoms with Crippen molar-refractivity contribution in [2.24, 2.45) is 0 Å². The second-order valence-corrected chi connectivity index (χ2v) is 3.51. The van der Waals surface area contributed by atoms with Crippen LogP contribution in [-0.4, -0.2) is 48.9 Å². The van der Waals surface area contributed by atoms with Gasteiger partial charge in [0.05, 0.1) is 25.4 Å². The Balaban J connectivity index is 3.66. The van der Waals surface area contributed by atoms with Crippen molar-refractivity contribution in [2.45, 2.75) is 6.92 Å². The van der Waals surface area contributed by atoms with Gasteiger partial charge in [-0.15, -0.1) is 0 Å². The van der Waals surface area contributed by atoms with Crippen LogP contribution in [0.4, 0.5) is 0 Å². The highest BCUT2D eigenvalue weighted by Gasteiger charge is 2.06. The number of ketones is 1. The molecule has 3 N–H and O–H groups in total. The summed E-state index contributed by atoms with van der Waals surface area (Å²) in [4.78, 5) is 43.5. The molecule has 7 nitrogen and oxygen atoms in total. The molecule has 0 heterocycles. The van der Waals surface area contributed by atoms with E-state index in [1.807, 2.05) is 0 Å². The molecule has 0 unspecified atom stereocenters. The van der Waals surface area contributed by atoms with E-state index in [4.69, 9.17) is 0 Å². The van der Waals surface area contributed by atoms with Crippen molar-refractivity contribution in [3.8, 4) is 0 Å². The van der Waals surface area contributed by atoms with E-state index in [0.717, 1.165) is 0 Å². The molecule has 0 bridgehead atoms. The lowest BCUT2D eigenvalue weighted by Gasteiger charge is -2.06. The lowest BCUT2D eigenvalue weighted by molar-refractivity contribution is -0.127. The number of thiol groups is 1. The standard InChI is InChI=1S/C9H15N3O4S/c1-6(13)2-10-7(14)3-11-8(15)4-12-9(16)5-17/h17H,2-5H2,1H3,(H,10,14)(H,11,15)(H,12,16). The van der Waals surface area contributed by atoms with E-state index >= 15 is 0 Å². The number of carbonyl (C=O) groups excluding carboxylic acids is 4. The van der Waals surface area contributed by atoms with Crippen molar-refractivity contribution in [1.29, 1.82) is 0 Å². The third-order valence-electron chi connectivity index (χ3n) is 1.57. The maximum atomic E-state index is 11.1. The van der Waals surface area contributed by atoms with Gasteiger partial charge < -0.3 is 16.0 Å². The third-order valence-corrected chi connectivity index (χ3v) is 1.86. The summed E-state index contributed by atoms with van der Waals surface area (Å²) < 4.78 is 0. The van der Waals surface area contributed by atoms with E-state index in [1.54, 1.807) is 0 Å². The summed E-state index contributed by atoms with van der Waals surface area (Å²) in [5.41, 5.74) is 0.